The van der Waals surface area contributed by atoms with E-state index in [1.807, 2.05) is 41.9 Å². The number of nitrogens with zero attached hydrogens (tertiary/aromatic N) is 3. The van der Waals surface area contributed by atoms with Crippen LogP contribution in [-0.2, 0) is 16.6 Å². The quantitative estimate of drug-likeness (QED) is 0.865. The molecule has 0 aliphatic rings. The summed E-state index contributed by atoms with van der Waals surface area (Å²) in [6.45, 7) is 1.68. The topological polar surface area (TPSA) is 86.1 Å². The van der Waals surface area contributed by atoms with Gasteiger partial charge in [0.15, 0.2) is 11.0 Å². The highest BCUT2D eigenvalue weighted by atomic mass is 32.2. The van der Waals surface area contributed by atoms with Crippen molar-refractivity contribution in [3.05, 3.63) is 30.3 Å². The number of aromatic nitrogens is 3. The molecule has 0 aliphatic heterocycles. The SMILES string of the molecule is COC(=O)NC(=O)[C@@H](C)Sc1nnc(-c2ccccc2)n1C. The summed E-state index contributed by atoms with van der Waals surface area (Å²) in [5.74, 6) is 0.268. The lowest BCUT2D eigenvalue weighted by Crippen LogP contribution is -2.35. The summed E-state index contributed by atoms with van der Waals surface area (Å²) in [6, 6.07) is 9.64. The zero-order valence-electron chi connectivity index (χ0n) is 12.4. The number of alkyl carbamates (subject to hydrolysis) is 1. The van der Waals surface area contributed by atoms with E-state index in [9.17, 15) is 9.59 Å². The molecule has 0 unspecified atom stereocenters. The van der Waals surface area contributed by atoms with Crippen molar-refractivity contribution in [3.63, 3.8) is 0 Å². The molecule has 0 bridgehead atoms. The number of methoxy groups -OCH3 is 1. The Morgan fingerprint density at radius 3 is 2.59 bits per heavy atom. The van der Waals surface area contributed by atoms with Gasteiger partial charge in [-0.05, 0) is 6.92 Å². The van der Waals surface area contributed by atoms with Gasteiger partial charge >= 0.3 is 6.09 Å². The van der Waals surface area contributed by atoms with Crippen LogP contribution in [0.1, 0.15) is 6.92 Å². The molecule has 0 fully saturated rings. The molecular formula is C14H16N4O3S. The third kappa shape index (κ3) is 3.64. The van der Waals surface area contributed by atoms with E-state index in [0.29, 0.717) is 11.0 Å². The second-order valence-electron chi connectivity index (χ2n) is 4.47. The normalized spacial score (nSPS) is 11.8. The molecule has 0 aliphatic carbocycles. The second-order valence-corrected chi connectivity index (χ2v) is 5.78. The molecule has 8 heteroatoms. The van der Waals surface area contributed by atoms with Crippen molar-refractivity contribution in [1.29, 1.82) is 0 Å². The van der Waals surface area contributed by atoms with Gasteiger partial charge < -0.3 is 9.30 Å². The first-order valence-electron chi connectivity index (χ1n) is 6.53. The molecular weight excluding hydrogens is 304 g/mol. The predicted molar refractivity (Wildman–Crippen MR) is 82.3 cm³/mol. The van der Waals surface area contributed by atoms with Gasteiger partial charge in [-0.25, -0.2) is 4.79 Å². The lowest BCUT2D eigenvalue weighted by atomic mass is 10.2. The van der Waals surface area contributed by atoms with E-state index in [2.05, 4.69) is 20.3 Å². The van der Waals surface area contributed by atoms with E-state index in [1.165, 1.54) is 18.9 Å². The summed E-state index contributed by atoms with van der Waals surface area (Å²) in [7, 11) is 3.03. The number of ether oxygens (including phenoxy) is 1. The first kappa shape index (κ1) is 16.0. The first-order valence-corrected chi connectivity index (χ1v) is 7.41. The number of carbonyl (C=O) groups is 2. The highest BCUT2D eigenvalue weighted by Gasteiger charge is 2.21. The molecule has 1 atom stereocenters. The van der Waals surface area contributed by atoms with Crippen LogP contribution in [-0.4, -0.2) is 39.1 Å². The van der Waals surface area contributed by atoms with E-state index in [1.54, 1.807) is 6.92 Å². The summed E-state index contributed by atoms with van der Waals surface area (Å²) in [5, 5.41) is 10.4. The van der Waals surface area contributed by atoms with Crippen molar-refractivity contribution < 1.29 is 14.3 Å². The summed E-state index contributed by atoms with van der Waals surface area (Å²) in [5.41, 5.74) is 0.941. The predicted octanol–water partition coefficient (Wildman–Crippen LogP) is 1.85. The number of nitrogens with one attached hydrogen (secondary N) is 1. The Labute approximate surface area is 132 Å². The molecule has 22 heavy (non-hydrogen) atoms. The van der Waals surface area contributed by atoms with Crippen LogP contribution in [0.4, 0.5) is 4.79 Å². The Morgan fingerprint density at radius 1 is 1.27 bits per heavy atom. The standard InChI is InChI=1S/C14H16N4O3S/c1-9(12(19)15-14(20)21-3)22-13-17-16-11(18(13)2)10-7-5-4-6-8-10/h4-9H,1-3H3,(H,15,19,20)/t9-/m1/s1. The maximum absolute atomic E-state index is 11.8. The number of hydrogen-bond acceptors (Lipinski definition) is 6. The average molecular weight is 320 g/mol. The molecule has 1 aromatic heterocycles. The highest BCUT2D eigenvalue weighted by Crippen LogP contribution is 2.25. The second kappa shape index (κ2) is 7.08. The molecule has 2 aromatic rings. The molecule has 2 amide bonds. The number of thioether (sulfide) groups is 1. The van der Waals surface area contributed by atoms with E-state index < -0.39 is 17.3 Å². The number of rotatable bonds is 4. The van der Waals surface area contributed by atoms with Crippen LogP contribution >= 0.6 is 11.8 Å². The van der Waals surface area contributed by atoms with E-state index in [4.69, 9.17) is 0 Å². The van der Waals surface area contributed by atoms with Crippen molar-refractivity contribution in [3.8, 4) is 11.4 Å². The van der Waals surface area contributed by atoms with Crippen LogP contribution in [0.15, 0.2) is 35.5 Å². The Bertz CT molecular complexity index is 672. The lowest BCUT2D eigenvalue weighted by Gasteiger charge is -2.10. The fraction of sp³-hybridized carbons (Fsp3) is 0.286. The van der Waals surface area contributed by atoms with Crippen LogP contribution in [0.25, 0.3) is 11.4 Å². The van der Waals surface area contributed by atoms with Gasteiger partial charge in [-0.15, -0.1) is 10.2 Å². The number of imide groups is 1. The molecule has 0 spiro atoms. The molecule has 2 rings (SSSR count). The van der Waals surface area contributed by atoms with Crippen molar-refractivity contribution in [2.45, 2.75) is 17.3 Å². The van der Waals surface area contributed by atoms with Crippen LogP contribution in [0.2, 0.25) is 0 Å². The summed E-state index contributed by atoms with van der Waals surface area (Å²) in [6.07, 6.45) is -0.777. The van der Waals surface area contributed by atoms with Crippen LogP contribution < -0.4 is 5.32 Å². The fourth-order valence-corrected chi connectivity index (χ4v) is 2.54. The van der Waals surface area contributed by atoms with Gasteiger partial charge in [-0.3, -0.25) is 10.1 Å². The molecule has 0 saturated heterocycles. The molecule has 1 heterocycles. The van der Waals surface area contributed by atoms with E-state index >= 15 is 0 Å². The van der Waals surface area contributed by atoms with E-state index in [0.717, 1.165) is 5.56 Å². The van der Waals surface area contributed by atoms with Crippen molar-refractivity contribution in [2.75, 3.05) is 7.11 Å². The third-order valence-corrected chi connectivity index (χ3v) is 4.06. The van der Waals surface area contributed by atoms with Crippen LogP contribution in [0, 0.1) is 0 Å². The Morgan fingerprint density at radius 2 is 1.95 bits per heavy atom. The van der Waals surface area contributed by atoms with Gasteiger partial charge in [0, 0.05) is 12.6 Å². The minimum atomic E-state index is -0.777. The Balaban J connectivity index is 2.10. The molecule has 7 nitrogen and oxygen atoms in total. The van der Waals surface area contributed by atoms with Gasteiger partial charge in [0.1, 0.15) is 0 Å². The number of hydrogen-bond donors (Lipinski definition) is 1. The van der Waals surface area contributed by atoms with Gasteiger partial charge in [-0.2, -0.15) is 0 Å². The molecule has 0 saturated carbocycles. The van der Waals surface area contributed by atoms with Crippen LogP contribution in [0.3, 0.4) is 0 Å². The maximum Gasteiger partial charge on any atom is 0.413 e. The van der Waals surface area contributed by atoms with E-state index in [-0.39, 0.29) is 0 Å². The maximum atomic E-state index is 11.8. The highest BCUT2D eigenvalue weighted by molar-refractivity contribution is 8.00. The van der Waals surface area contributed by atoms with Gasteiger partial charge in [0.05, 0.1) is 12.4 Å². The van der Waals surface area contributed by atoms with Gasteiger partial charge in [0.25, 0.3) is 0 Å². The lowest BCUT2D eigenvalue weighted by molar-refractivity contribution is -0.119. The van der Waals surface area contributed by atoms with Crippen molar-refractivity contribution >= 4 is 23.8 Å². The zero-order chi connectivity index (χ0) is 16.1. The Kier molecular flexibility index (Phi) is 5.16. The summed E-state index contributed by atoms with van der Waals surface area (Å²) in [4.78, 5) is 22.9. The van der Waals surface area contributed by atoms with Crippen molar-refractivity contribution in [1.82, 2.24) is 20.1 Å². The minimum absolute atomic E-state index is 0.443. The monoisotopic (exact) mass is 320 g/mol. The Hall–Kier alpha value is -2.35. The van der Waals surface area contributed by atoms with Crippen molar-refractivity contribution in [2.24, 2.45) is 7.05 Å². The molecule has 116 valence electrons. The smallest absolute Gasteiger partial charge is 0.413 e. The number of amides is 2. The summed E-state index contributed by atoms with van der Waals surface area (Å²) >= 11 is 1.22. The minimum Gasteiger partial charge on any atom is -0.453 e. The molecule has 1 aromatic carbocycles. The van der Waals surface area contributed by atoms with Gasteiger partial charge in [0.2, 0.25) is 5.91 Å². The number of benzene rings is 1. The average Bonchev–Trinajstić information content (AvgIpc) is 2.89. The largest absolute Gasteiger partial charge is 0.453 e. The first-order chi connectivity index (χ1) is 10.5. The zero-order valence-corrected chi connectivity index (χ0v) is 13.3. The summed E-state index contributed by atoms with van der Waals surface area (Å²) < 4.78 is 6.20. The van der Waals surface area contributed by atoms with Gasteiger partial charge in [-0.1, -0.05) is 42.1 Å². The molecule has 0 radical (unpaired) electrons. The fourth-order valence-electron chi connectivity index (χ4n) is 1.72. The molecule has 1 N–H and O–H groups in total. The third-order valence-electron chi connectivity index (χ3n) is 2.93. The van der Waals surface area contributed by atoms with Crippen LogP contribution in [0.5, 0.6) is 0 Å². The number of carbonyl (C=O) groups excluding carboxylic acids is 2.